The lowest BCUT2D eigenvalue weighted by Gasteiger charge is -2.21. The van der Waals surface area contributed by atoms with Gasteiger partial charge in [0.05, 0.1) is 4.99 Å². The van der Waals surface area contributed by atoms with Gasteiger partial charge in [-0.15, -0.1) is 0 Å². The van der Waals surface area contributed by atoms with Gasteiger partial charge in [0, 0.05) is 25.9 Å². The van der Waals surface area contributed by atoms with Gasteiger partial charge >= 0.3 is 0 Å². The molecule has 0 saturated carbocycles. The van der Waals surface area contributed by atoms with E-state index in [1.165, 1.54) is 0 Å². The Hall–Kier alpha value is -0.640. The summed E-state index contributed by atoms with van der Waals surface area (Å²) in [5, 5.41) is 0. The van der Waals surface area contributed by atoms with E-state index in [2.05, 4.69) is 13.8 Å². The molecule has 0 aromatic carbocycles. The molecule has 3 nitrogen and oxygen atoms in total. The van der Waals surface area contributed by atoms with Gasteiger partial charge < -0.3 is 10.6 Å². The fourth-order valence-electron chi connectivity index (χ4n) is 1.36. The Morgan fingerprint density at radius 2 is 1.87 bits per heavy atom. The number of carbonyl (C=O) groups is 1. The zero-order valence-electron chi connectivity index (χ0n) is 9.79. The van der Waals surface area contributed by atoms with E-state index < -0.39 is 0 Å². The monoisotopic (exact) mass is 230 g/mol. The van der Waals surface area contributed by atoms with Gasteiger partial charge in [0.25, 0.3) is 0 Å². The molecule has 0 aliphatic rings. The van der Waals surface area contributed by atoms with Crippen LogP contribution in [0.1, 0.15) is 46.0 Å². The average molecular weight is 230 g/mol. The first kappa shape index (κ1) is 14.4. The van der Waals surface area contributed by atoms with Crippen molar-refractivity contribution in [2.24, 2.45) is 5.73 Å². The predicted octanol–water partition coefficient (Wildman–Crippen LogP) is 2.09. The first-order valence-electron chi connectivity index (χ1n) is 5.67. The number of hydrogen-bond donors (Lipinski definition) is 1. The van der Waals surface area contributed by atoms with Crippen LogP contribution in [0.3, 0.4) is 0 Å². The first-order chi connectivity index (χ1) is 7.11. The molecular weight excluding hydrogens is 208 g/mol. The van der Waals surface area contributed by atoms with Crippen LogP contribution < -0.4 is 5.73 Å². The van der Waals surface area contributed by atoms with Gasteiger partial charge in [0.15, 0.2) is 0 Å². The second-order valence-corrected chi connectivity index (χ2v) is 4.23. The van der Waals surface area contributed by atoms with Crippen LogP contribution in [0, 0.1) is 0 Å². The van der Waals surface area contributed by atoms with Gasteiger partial charge in [-0.1, -0.05) is 32.5 Å². The number of unbranched alkanes of at least 4 members (excludes halogenated alkanes) is 1. The normalized spacial score (nSPS) is 10.0. The lowest BCUT2D eigenvalue weighted by Crippen LogP contribution is -2.34. The van der Waals surface area contributed by atoms with Crippen molar-refractivity contribution in [3.8, 4) is 0 Å². The van der Waals surface area contributed by atoms with Gasteiger partial charge in [-0.3, -0.25) is 4.79 Å². The van der Waals surface area contributed by atoms with Crippen LogP contribution in [-0.4, -0.2) is 28.9 Å². The van der Waals surface area contributed by atoms with E-state index >= 15 is 0 Å². The second-order valence-electron chi connectivity index (χ2n) is 3.70. The maximum atomic E-state index is 11.7. The molecule has 0 aromatic heterocycles. The van der Waals surface area contributed by atoms with Crippen LogP contribution in [0.5, 0.6) is 0 Å². The zero-order valence-corrected chi connectivity index (χ0v) is 10.6. The van der Waals surface area contributed by atoms with Crippen LogP contribution in [0.25, 0.3) is 0 Å². The van der Waals surface area contributed by atoms with E-state index in [-0.39, 0.29) is 5.91 Å². The van der Waals surface area contributed by atoms with E-state index in [0.717, 1.165) is 25.8 Å². The van der Waals surface area contributed by atoms with E-state index in [1.54, 1.807) is 0 Å². The van der Waals surface area contributed by atoms with Crippen LogP contribution in [-0.2, 0) is 4.79 Å². The summed E-state index contributed by atoms with van der Waals surface area (Å²) >= 11 is 4.81. The van der Waals surface area contributed by atoms with Crippen molar-refractivity contribution in [3.63, 3.8) is 0 Å². The lowest BCUT2D eigenvalue weighted by molar-refractivity contribution is -0.131. The summed E-state index contributed by atoms with van der Waals surface area (Å²) in [6, 6.07) is 0. The average Bonchev–Trinajstić information content (AvgIpc) is 2.20. The molecule has 0 bridgehead atoms. The molecule has 0 saturated heterocycles. The van der Waals surface area contributed by atoms with E-state index in [0.29, 0.717) is 24.4 Å². The van der Waals surface area contributed by atoms with Crippen molar-refractivity contribution in [3.05, 3.63) is 0 Å². The van der Waals surface area contributed by atoms with Gasteiger partial charge in [0.1, 0.15) is 0 Å². The molecule has 1 amide bonds. The Bertz CT molecular complexity index is 207. The number of hydrogen-bond acceptors (Lipinski definition) is 2. The molecule has 0 aliphatic heterocycles. The number of carbonyl (C=O) groups excluding carboxylic acids is 1. The van der Waals surface area contributed by atoms with Gasteiger partial charge in [-0.05, 0) is 12.8 Å². The number of nitrogens with two attached hydrogens (primary N) is 1. The summed E-state index contributed by atoms with van der Waals surface area (Å²) < 4.78 is 0. The standard InChI is InChI=1S/C11H22N2OS/c1-3-5-6-11(14)13(8-4-2)9-7-10(12)15/h3-9H2,1-2H3,(H2,12,15). The number of amides is 1. The van der Waals surface area contributed by atoms with Crippen molar-refractivity contribution in [1.82, 2.24) is 4.90 Å². The Labute approximate surface area is 98.0 Å². The predicted molar refractivity (Wildman–Crippen MR) is 67.8 cm³/mol. The van der Waals surface area contributed by atoms with E-state index in [1.807, 2.05) is 4.90 Å². The lowest BCUT2D eigenvalue weighted by atomic mass is 10.2. The van der Waals surface area contributed by atoms with Crippen LogP contribution >= 0.6 is 12.2 Å². The summed E-state index contributed by atoms with van der Waals surface area (Å²) in [5.74, 6) is 0.231. The van der Waals surface area contributed by atoms with Gasteiger partial charge in [-0.25, -0.2) is 0 Å². The summed E-state index contributed by atoms with van der Waals surface area (Å²) in [6.07, 6.45) is 4.28. The molecule has 0 radical (unpaired) electrons. The van der Waals surface area contributed by atoms with Gasteiger partial charge in [0.2, 0.25) is 5.91 Å². The van der Waals surface area contributed by atoms with Crippen molar-refractivity contribution in [1.29, 1.82) is 0 Å². The highest BCUT2D eigenvalue weighted by Gasteiger charge is 2.11. The Kier molecular flexibility index (Phi) is 8.28. The number of rotatable bonds is 8. The fourth-order valence-corrected chi connectivity index (χ4v) is 1.45. The molecule has 0 aromatic rings. The summed E-state index contributed by atoms with van der Waals surface area (Å²) in [5.41, 5.74) is 5.43. The summed E-state index contributed by atoms with van der Waals surface area (Å²) in [4.78, 5) is 14.1. The summed E-state index contributed by atoms with van der Waals surface area (Å²) in [6.45, 7) is 5.64. The molecule has 0 spiro atoms. The molecule has 0 aliphatic carbocycles. The minimum atomic E-state index is 0.231. The molecule has 0 atom stereocenters. The molecule has 88 valence electrons. The fraction of sp³-hybridized carbons (Fsp3) is 0.818. The first-order valence-corrected chi connectivity index (χ1v) is 6.08. The van der Waals surface area contributed by atoms with Crippen molar-refractivity contribution in [2.45, 2.75) is 46.0 Å². The van der Waals surface area contributed by atoms with Crippen LogP contribution in [0.2, 0.25) is 0 Å². The number of nitrogens with zero attached hydrogens (tertiary/aromatic N) is 1. The summed E-state index contributed by atoms with van der Waals surface area (Å²) in [7, 11) is 0. The third-order valence-electron chi connectivity index (χ3n) is 2.22. The highest BCUT2D eigenvalue weighted by Crippen LogP contribution is 2.03. The Morgan fingerprint density at radius 3 is 2.33 bits per heavy atom. The molecule has 0 heterocycles. The Morgan fingerprint density at radius 1 is 1.20 bits per heavy atom. The molecule has 4 heteroatoms. The zero-order chi connectivity index (χ0) is 11.7. The highest BCUT2D eigenvalue weighted by atomic mass is 32.1. The third kappa shape index (κ3) is 7.31. The maximum absolute atomic E-state index is 11.7. The second kappa shape index (κ2) is 8.65. The largest absolute Gasteiger partial charge is 0.393 e. The van der Waals surface area contributed by atoms with Crippen molar-refractivity contribution < 1.29 is 4.79 Å². The van der Waals surface area contributed by atoms with Gasteiger partial charge in [-0.2, -0.15) is 0 Å². The molecule has 2 N–H and O–H groups in total. The maximum Gasteiger partial charge on any atom is 0.222 e. The molecule has 0 unspecified atom stereocenters. The molecular formula is C11H22N2OS. The van der Waals surface area contributed by atoms with E-state index in [9.17, 15) is 4.79 Å². The van der Waals surface area contributed by atoms with Crippen LogP contribution in [0.15, 0.2) is 0 Å². The molecule has 0 rings (SSSR count). The number of thiocarbonyl (C=S) groups is 1. The van der Waals surface area contributed by atoms with Crippen molar-refractivity contribution in [2.75, 3.05) is 13.1 Å². The highest BCUT2D eigenvalue weighted by molar-refractivity contribution is 7.80. The smallest absolute Gasteiger partial charge is 0.222 e. The van der Waals surface area contributed by atoms with E-state index in [4.69, 9.17) is 18.0 Å². The topological polar surface area (TPSA) is 46.3 Å². The third-order valence-corrected chi connectivity index (χ3v) is 2.42. The SMILES string of the molecule is CCCCC(=O)N(CCC)CCC(N)=S. The molecule has 0 fully saturated rings. The minimum absolute atomic E-state index is 0.231. The van der Waals surface area contributed by atoms with Crippen molar-refractivity contribution >= 4 is 23.1 Å². The minimum Gasteiger partial charge on any atom is -0.393 e. The Balaban J connectivity index is 4.00. The van der Waals surface area contributed by atoms with Crippen LogP contribution in [0.4, 0.5) is 0 Å². The quantitative estimate of drug-likeness (QED) is 0.649. The molecule has 15 heavy (non-hydrogen) atoms.